The smallest absolute Gasteiger partial charge is 0.230 e. The van der Waals surface area contributed by atoms with Crippen molar-refractivity contribution in [1.82, 2.24) is 9.97 Å². The SMILES string of the molecule is O=C(Nc1cnc2ccccc2c1)C12CC3CC(C1)CC(C(=O)Nc1cnc4ccccc4c1)(C3)C2. The third-order valence-electron chi connectivity index (χ3n) is 8.72. The van der Waals surface area contributed by atoms with E-state index in [4.69, 9.17) is 0 Å². The molecule has 6 nitrogen and oxygen atoms in total. The first-order chi connectivity index (χ1) is 17.5. The number of hydrogen-bond acceptors (Lipinski definition) is 4. The van der Waals surface area contributed by atoms with Crippen LogP contribution in [0.4, 0.5) is 11.4 Å². The van der Waals surface area contributed by atoms with Crippen LogP contribution in [-0.2, 0) is 9.59 Å². The van der Waals surface area contributed by atoms with Crippen LogP contribution in [0.3, 0.4) is 0 Å². The molecule has 4 aliphatic rings. The molecule has 2 heterocycles. The minimum atomic E-state index is -0.505. The third-order valence-corrected chi connectivity index (χ3v) is 8.72. The summed E-state index contributed by atoms with van der Waals surface area (Å²) in [7, 11) is 0. The molecular formula is C30H28N4O2. The van der Waals surface area contributed by atoms with Gasteiger partial charge in [0.15, 0.2) is 0 Å². The molecule has 36 heavy (non-hydrogen) atoms. The highest BCUT2D eigenvalue weighted by Gasteiger charge is 2.63. The molecule has 2 N–H and O–H groups in total. The molecular weight excluding hydrogens is 448 g/mol. The number of pyridine rings is 2. The van der Waals surface area contributed by atoms with Gasteiger partial charge in [0, 0.05) is 10.8 Å². The molecule has 0 saturated heterocycles. The van der Waals surface area contributed by atoms with Gasteiger partial charge in [-0.25, -0.2) is 0 Å². The van der Waals surface area contributed by atoms with Crippen molar-refractivity contribution in [3.63, 3.8) is 0 Å². The molecule has 2 amide bonds. The number of carbonyl (C=O) groups excluding carboxylic acids is 2. The van der Waals surface area contributed by atoms with Gasteiger partial charge in [-0.15, -0.1) is 0 Å². The molecule has 4 aliphatic carbocycles. The number of aromatic nitrogens is 2. The summed E-state index contributed by atoms with van der Waals surface area (Å²) in [5.41, 5.74) is 2.24. The molecule has 8 rings (SSSR count). The number of nitrogens with zero attached hydrogens (tertiary/aromatic N) is 2. The maximum Gasteiger partial charge on any atom is 0.230 e. The Kier molecular flexibility index (Phi) is 4.69. The topological polar surface area (TPSA) is 84.0 Å². The summed E-state index contributed by atoms with van der Waals surface area (Å²) in [4.78, 5) is 36.6. The first-order valence-corrected chi connectivity index (χ1v) is 12.8. The quantitative estimate of drug-likeness (QED) is 0.381. The maximum atomic E-state index is 13.8. The van der Waals surface area contributed by atoms with Crippen molar-refractivity contribution < 1.29 is 9.59 Å². The molecule has 0 unspecified atom stereocenters. The molecule has 2 aromatic heterocycles. The van der Waals surface area contributed by atoms with Crippen molar-refractivity contribution in [3.05, 3.63) is 73.1 Å². The number of carbonyl (C=O) groups is 2. The van der Waals surface area contributed by atoms with E-state index in [-0.39, 0.29) is 11.8 Å². The number of amides is 2. The Morgan fingerprint density at radius 3 is 1.61 bits per heavy atom. The molecule has 4 saturated carbocycles. The van der Waals surface area contributed by atoms with Crippen LogP contribution in [0, 0.1) is 22.7 Å². The molecule has 180 valence electrons. The fourth-order valence-electron chi connectivity index (χ4n) is 7.60. The van der Waals surface area contributed by atoms with Gasteiger partial charge in [0.2, 0.25) is 11.8 Å². The van der Waals surface area contributed by atoms with E-state index in [1.807, 2.05) is 60.7 Å². The number of anilines is 2. The Labute approximate surface area is 209 Å². The summed E-state index contributed by atoms with van der Waals surface area (Å²) in [6.07, 6.45) is 8.65. The van der Waals surface area contributed by atoms with E-state index in [1.165, 1.54) is 0 Å². The normalized spacial score (nSPS) is 28.3. The number of rotatable bonds is 4. The number of fused-ring (bicyclic) bond motifs is 2. The van der Waals surface area contributed by atoms with E-state index in [1.54, 1.807) is 12.4 Å². The van der Waals surface area contributed by atoms with Crippen molar-refractivity contribution in [1.29, 1.82) is 0 Å². The molecule has 4 bridgehead atoms. The average Bonchev–Trinajstić information content (AvgIpc) is 2.88. The summed E-state index contributed by atoms with van der Waals surface area (Å²) >= 11 is 0. The summed E-state index contributed by atoms with van der Waals surface area (Å²) in [5.74, 6) is 0.899. The Morgan fingerprint density at radius 1 is 0.694 bits per heavy atom. The van der Waals surface area contributed by atoms with Gasteiger partial charge in [-0.2, -0.15) is 0 Å². The molecule has 4 fully saturated rings. The van der Waals surface area contributed by atoms with Crippen LogP contribution in [0.2, 0.25) is 0 Å². The molecule has 4 aromatic rings. The van der Waals surface area contributed by atoms with Gasteiger partial charge in [0.05, 0.1) is 45.6 Å². The van der Waals surface area contributed by atoms with Gasteiger partial charge in [-0.1, -0.05) is 36.4 Å². The third kappa shape index (κ3) is 3.47. The first-order valence-electron chi connectivity index (χ1n) is 12.8. The van der Waals surface area contributed by atoms with Crippen molar-refractivity contribution in [2.75, 3.05) is 10.6 Å². The Morgan fingerprint density at radius 2 is 1.14 bits per heavy atom. The predicted octanol–water partition coefficient (Wildman–Crippen LogP) is 5.95. The zero-order valence-electron chi connectivity index (χ0n) is 20.0. The lowest BCUT2D eigenvalue weighted by molar-refractivity contribution is -0.161. The molecule has 0 radical (unpaired) electrons. The highest BCUT2D eigenvalue weighted by molar-refractivity contribution is 6.00. The summed E-state index contributed by atoms with van der Waals surface area (Å²) in [6.45, 7) is 0. The lowest BCUT2D eigenvalue weighted by Gasteiger charge is -2.60. The van der Waals surface area contributed by atoms with E-state index in [2.05, 4.69) is 20.6 Å². The maximum absolute atomic E-state index is 13.8. The largest absolute Gasteiger partial charge is 0.324 e. The zero-order chi connectivity index (χ0) is 24.3. The molecule has 0 spiro atoms. The first kappa shape index (κ1) is 21.5. The second-order valence-corrected chi connectivity index (χ2v) is 11.3. The van der Waals surface area contributed by atoms with Crippen LogP contribution >= 0.6 is 0 Å². The zero-order valence-corrected chi connectivity index (χ0v) is 20.0. The summed E-state index contributed by atoms with van der Waals surface area (Å²) in [6, 6.07) is 19.8. The van der Waals surface area contributed by atoms with E-state index < -0.39 is 10.8 Å². The molecule has 0 aliphatic heterocycles. The summed E-state index contributed by atoms with van der Waals surface area (Å²) in [5, 5.41) is 8.35. The molecule has 6 heteroatoms. The van der Waals surface area contributed by atoms with E-state index in [0.717, 1.165) is 65.3 Å². The Hall–Kier alpha value is -3.80. The Balaban J connectivity index is 1.15. The van der Waals surface area contributed by atoms with Crippen LogP contribution in [0.1, 0.15) is 38.5 Å². The lowest BCUT2D eigenvalue weighted by atomic mass is 9.43. The van der Waals surface area contributed by atoms with Crippen LogP contribution < -0.4 is 10.6 Å². The minimum absolute atomic E-state index is 0.0400. The number of para-hydroxylation sites is 2. The standard InChI is InChI=1S/C30H28N4O2/c35-27(33-23-10-21-5-1-3-7-25(21)31-16-23)29-12-19-9-20(13-29)15-30(14-19,18-29)28(36)34-24-11-22-6-2-4-8-26(22)32-17-24/h1-8,10-11,16-17,19-20H,9,12-15,18H2,(H,33,35)(H,34,36). The van der Waals surface area contributed by atoms with Gasteiger partial charge in [-0.05, 0) is 74.6 Å². The molecule has 2 aromatic carbocycles. The van der Waals surface area contributed by atoms with Crippen molar-refractivity contribution >= 4 is 45.0 Å². The summed E-state index contributed by atoms with van der Waals surface area (Å²) < 4.78 is 0. The fourth-order valence-corrected chi connectivity index (χ4v) is 7.60. The minimum Gasteiger partial charge on any atom is -0.324 e. The van der Waals surface area contributed by atoms with Crippen LogP contribution in [0.5, 0.6) is 0 Å². The fraction of sp³-hybridized carbons (Fsp3) is 0.333. The van der Waals surface area contributed by atoms with Gasteiger partial charge in [0.1, 0.15) is 0 Å². The second kappa shape index (κ2) is 7.85. The number of benzene rings is 2. The van der Waals surface area contributed by atoms with Crippen molar-refractivity contribution in [2.45, 2.75) is 38.5 Å². The van der Waals surface area contributed by atoms with Crippen LogP contribution in [0.25, 0.3) is 21.8 Å². The highest BCUT2D eigenvalue weighted by atomic mass is 16.2. The number of nitrogens with one attached hydrogen (secondary N) is 2. The van der Waals surface area contributed by atoms with Crippen LogP contribution in [-0.4, -0.2) is 21.8 Å². The lowest BCUT2D eigenvalue weighted by Crippen LogP contribution is -2.59. The number of hydrogen-bond donors (Lipinski definition) is 2. The van der Waals surface area contributed by atoms with E-state index in [0.29, 0.717) is 18.3 Å². The average molecular weight is 477 g/mol. The predicted molar refractivity (Wildman–Crippen MR) is 140 cm³/mol. The van der Waals surface area contributed by atoms with Gasteiger partial charge in [0.25, 0.3) is 0 Å². The highest BCUT2D eigenvalue weighted by Crippen LogP contribution is 2.65. The van der Waals surface area contributed by atoms with Gasteiger partial charge in [-0.3, -0.25) is 19.6 Å². The second-order valence-electron chi connectivity index (χ2n) is 11.3. The van der Waals surface area contributed by atoms with Gasteiger partial charge >= 0.3 is 0 Å². The van der Waals surface area contributed by atoms with E-state index >= 15 is 0 Å². The van der Waals surface area contributed by atoms with Crippen molar-refractivity contribution in [2.24, 2.45) is 22.7 Å². The monoisotopic (exact) mass is 476 g/mol. The van der Waals surface area contributed by atoms with E-state index in [9.17, 15) is 9.59 Å². The van der Waals surface area contributed by atoms with Crippen LogP contribution in [0.15, 0.2) is 73.1 Å². The Bertz CT molecular complexity index is 1400. The van der Waals surface area contributed by atoms with Crippen molar-refractivity contribution in [3.8, 4) is 0 Å². The molecule has 0 atom stereocenters. The van der Waals surface area contributed by atoms with Gasteiger partial charge < -0.3 is 10.6 Å².